The fraction of sp³-hybridized carbons (Fsp3) is 0.0833. The van der Waals surface area contributed by atoms with Gasteiger partial charge in [-0.2, -0.15) is 18.6 Å². The summed E-state index contributed by atoms with van der Waals surface area (Å²) < 4.78 is 52.5. The van der Waals surface area contributed by atoms with Gasteiger partial charge in [0.15, 0.2) is 5.15 Å². The third kappa shape index (κ3) is 2.87. The van der Waals surface area contributed by atoms with Crippen molar-refractivity contribution in [2.24, 2.45) is 0 Å². The average Bonchev–Trinajstić information content (AvgIpc) is 3.03. The zero-order chi connectivity index (χ0) is 16.8. The topological polar surface area (TPSA) is 79.8 Å². The number of fused-ring (bicyclic) bond motifs is 1. The van der Waals surface area contributed by atoms with Crippen LogP contribution in [0.1, 0.15) is 6.55 Å². The predicted octanol–water partition coefficient (Wildman–Crippen LogP) is 3.87. The van der Waals surface area contributed by atoms with E-state index in [1.807, 2.05) is 0 Å². The number of aromatic nitrogens is 3. The Morgan fingerprint density at radius 1 is 1.30 bits per heavy atom. The number of anilines is 1. The number of sulfonamides is 1. The molecule has 11 heteroatoms. The fourth-order valence-corrected chi connectivity index (χ4v) is 3.72. The highest BCUT2D eigenvalue weighted by molar-refractivity contribution is 7.93. The summed E-state index contributed by atoms with van der Waals surface area (Å²) in [7, 11) is -4.05. The van der Waals surface area contributed by atoms with E-state index in [9.17, 15) is 17.2 Å². The summed E-state index contributed by atoms with van der Waals surface area (Å²) in [5, 5.41) is 3.67. The van der Waals surface area contributed by atoms with Gasteiger partial charge in [-0.3, -0.25) is 4.72 Å². The third-order valence-electron chi connectivity index (χ3n) is 3.06. The van der Waals surface area contributed by atoms with E-state index < -0.39 is 21.7 Å². The highest BCUT2D eigenvalue weighted by Crippen LogP contribution is 2.30. The van der Waals surface area contributed by atoms with Crippen molar-refractivity contribution in [3.8, 4) is 0 Å². The maximum Gasteiger partial charge on any atom is 0.334 e. The lowest BCUT2D eigenvalue weighted by atomic mass is 10.2. The molecule has 3 rings (SSSR count). The van der Waals surface area contributed by atoms with Crippen molar-refractivity contribution in [2.75, 3.05) is 4.72 Å². The standard InChI is InChI=1S/C12H8Cl2F2N4O2S/c13-6-1-2-7-8(3-6)17-5-10(7)23(21,22)19-9-4-18-20(11(9)14)12(15)16/h1-5,12,17,19H. The molecule has 0 radical (unpaired) electrons. The molecular weight excluding hydrogens is 373 g/mol. The summed E-state index contributed by atoms with van der Waals surface area (Å²) in [4.78, 5) is 2.72. The molecule has 23 heavy (non-hydrogen) atoms. The van der Waals surface area contributed by atoms with Gasteiger partial charge in [0.05, 0.1) is 6.20 Å². The average molecular weight is 381 g/mol. The Kier molecular flexibility index (Phi) is 3.95. The molecule has 2 heterocycles. The van der Waals surface area contributed by atoms with Gasteiger partial charge in [0.25, 0.3) is 10.0 Å². The summed E-state index contributed by atoms with van der Waals surface area (Å²) in [6.45, 7) is -2.98. The quantitative estimate of drug-likeness (QED) is 0.720. The molecule has 3 aromatic rings. The van der Waals surface area contributed by atoms with Crippen molar-refractivity contribution in [2.45, 2.75) is 11.4 Å². The number of nitrogens with zero attached hydrogens (tertiary/aromatic N) is 2. The van der Waals surface area contributed by atoms with Crippen molar-refractivity contribution in [3.63, 3.8) is 0 Å². The largest absolute Gasteiger partial charge is 0.360 e. The van der Waals surface area contributed by atoms with Crippen molar-refractivity contribution >= 4 is 49.8 Å². The van der Waals surface area contributed by atoms with E-state index in [0.717, 1.165) is 6.20 Å². The number of benzene rings is 1. The van der Waals surface area contributed by atoms with Crippen LogP contribution in [0, 0.1) is 0 Å². The molecule has 0 atom stereocenters. The van der Waals surface area contributed by atoms with E-state index in [-0.39, 0.29) is 15.3 Å². The zero-order valence-electron chi connectivity index (χ0n) is 11.1. The molecule has 0 fully saturated rings. The van der Waals surface area contributed by atoms with E-state index in [0.29, 0.717) is 15.9 Å². The molecule has 122 valence electrons. The van der Waals surface area contributed by atoms with Crippen LogP contribution in [-0.4, -0.2) is 23.2 Å². The second-order valence-electron chi connectivity index (χ2n) is 4.52. The molecule has 1 aromatic carbocycles. The second kappa shape index (κ2) is 5.66. The van der Waals surface area contributed by atoms with Crippen LogP contribution in [0.3, 0.4) is 0 Å². The lowest BCUT2D eigenvalue weighted by Gasteiger charge is -2.06. The summed E-state index contributed by atoms with van der Waals surface area (Å²) in [5.74, 6) is 0. The Balaban J connectivity index is 2.01. The Labute approximate surface area is 139 Å². The van der Waals surface area contributed by atoms with Gasteiger partial charge < -0.3 is 4.98 Å². The van der Waals surface area contributed by atoms with E-state index in [1.165, 1.54) is 12.3 Å². The van der Waals surface area contributed by atoms with Crippen LogP contribution in [0.5, 0.6) is 0 Å². The molecule has 0 saturated heterocycles. The van der Waals surface area contributed by atoms with Crippen LogP contribution in [0.25, 0.3) is 10.9 Å². The normalized spacial score (nSPS) is 12.2. The maximum absolute atomic E-state index is 12.6. The molecule has 2 aromatic heterocycles. The molecule has 0 aliphatic heterocycles. The van der Waals surface area contributed by atoms with Gasteiger partial charge in [0.1, 0.15) is 10.6 Å². The van der Waals surface area contributed by atoms with Crippen LogP contribution < -0.4 is 4.72 Å². The molecule has 0 bridgehead atoms. The van der Waals surface area contributed by atoms with E-state index in [2.05, 4.69) is 14.8 Å². The number of rotatable bonds is 4. The van der Waals surface area contributed by atoms with E-state index >= 15 is 0 Å². The number of aromatic amines is 1. The Morgan fingerprint density at radius 3 is 2.70 bits per heavy atom. The highest BCUT2D eigenvalue weighted by Gasteiger charge is 2.23. The molecule has 0 unspecified atom stereocenters. The lowest BCUT2D eigenvalue weighted by molar-refractivity contribution is 0.0570. The first-order valence-electron chi connectivity index (χ1n) is 6.10. The molecule has 0 saturated carbocycles. The number of alkyl halides is 2. The van der Waals surface area contributed by atoms with Crippen molar-refractivity contribution < 1.29 is 17.2 Å². The monoisotopic (exact) mass is 380 g/mol. The predicted molar refractivity (Wildman–Crippen MR) is 82.6 cm³/mol. The number of halogens is 4. The number of nitrogens with one attached hydrogen (secondary N) is 2. The number of hydrogen-bond donors (Lipinski definition) is 2. The van der Waals surface area contributed by atoms with Crippen LogP contribution in [0.15, 0.2) is 35.5 Å². The molecule has 0 spiro atoms. The van der Waals surface area contributed by atoms with Crippen LogP contribution in [0.4, 0.5) is 14.5 Å². The first-order chi connectivity index (χ1) is 10.8. The summed E-state index contributed by atoms with van der Waals surface area (Å²) >= 11 is 11.5. The van der Waals surface area contributed by atoms with Gasteiger partial charge in [-0.1, -0.05) is 23.2 Å². The number of H-pyrrole nitrogens is 1. The van der Waals surface area contributed by atoms with Crippen molar-refractivity contribution in [1.29, 1.82) is 0 Å². The molecule has 0 aliphatic rings. The first-order valence-corrected chi connectivity index (χ1v) is 8.34. The van der Waals surface area contributed by atoms with E-state index in [4.69, 9.17) is 23.2 Å². The second-order valence-corrected chi connectivity index (χ2v) is 6.96. The molecule has 0 amide bonds. The molecule has 6 nitrogen and oxygen atoms in total. The van der Waals surface area contributed by atoms with Gasteiger partial charge in [0, 0.05) is 22.1 Å². The minimum Gasteiger partial charge on any atom is -0.360 e. The smallest absolute Gasteiger partial charge is 0.334 e. The van der Waals surface area contributed by atoms with Gasteiger partial charge in [0.2, 0.25) is 0 Å². The number of hydrogen-bond acceptors (Lipinski definition) is 3. The van der Waals surface area contributed by atoms with Crippen molar-refractivity contribution in [1.82, 2.24) is 14.8 Å². The first kappa shape index (κ1) is 16.0. The fourth-order valence-electron chi connectivity index (χ4n) is 2.05. The zero-order valence-corrected chi connectivity index (χ0v) is 13.4. The van der Waals surface area contributed by atoms with Gasteiger partial charge in [-0.05, 0) is 18.2 Å². The molecular formula is C12H8Cl2F2N4O2S. The Morgan fingerprint density at radius 2 is 2.04 bits per heavy atom. The molecule has 0 aliphatic carbocycles. The summed E-state index contributed by atoms with van der Waals surface area (Å²) in [6, 6.07) is 4.64. The van der Waals surface area contributed by atoms with Gasteiger partial charge in [-0.15, -0.1) is 0 Å². The SMILES string of the molecule is O=S(=O)(Nc1cnn(C(F)F)c1Cl)c1c[nH]c2cc(Cl)ccc12. The Bertz CT molecular complexity index is 984. The summed E-state index contributed by atoms with van der Waals surface area (Å²) in [5.41, 5.74) is 0.280. The highest BCUT2D eigenvalue weighted by atomic mass is 35.5. The maximum atomic E-state index is 12.6. The van der Waals surface area contributed by atoms with E-state index in [1.54, 1.807) is 12.1 Å². The van der Waals surface area contributed by atoms with Crippen molar-refractivity contribution in [3.05, 3.63) is 40.8 Å². The third-order valence-corrected chi connectivity index (χ3v) is 5.08. The molecule has 2 N–H and O–H groups in total. The minimum absolute atomic E-state index is 0.0648. The minimum atomic E-state index is -4.05. The van der Waals surface area contributed by atoms with Gasteiger partial charge in [-0.25, -0.2) is 8.42 Å². The lowest BCUT2D eigenvalue weighted by Crippen LogP contribution is -2.12. The summed E-state index contributed by atoms with van der Waals surface area (Å²) in [6.07, 6.45) is 2.19. The van der Waals surface area contributed by atoms with Crippen LogP contribution in [-0.2, 0) is 10.0 Å². The van der Waals surface area contributed by atoms with Crippen LogP contribution in [0.2, 0.25) is 10.2 Å². The van der Waals surface area contributed by atoms with Gasteiger partial charge >= 0.3 is 6.55 Å². The van der Waals surface area contributed by atoms with Crippen LogP contribution >= 0.6 is 23.2 Å². The Hall–Kier alpha value is -1.84.